The summed E-state index contributed by atoms with van der Waals surface area (Å²) >= 11 is 0. The fourth-order valence-electron chi connectivity index (χ4n) is 3.62. The highest BCUT2D eigenvalue weighted by Gasteiger charge is 2.27. The first-order valence-corrected chi connectivity index (χ1v) is 10.5. The predicted molar refractivity (Wildman–Crippen MR) is 119 cm³/mol. The fraction of sp³-hybridized carbons (Fsp3) is 0.409. The molecule has 0 saturated carbocycles. The summed E-state index contributed by atoms with van der Waals surface area (Å²) in [5.74, 6) is -1.71. The third-order valence-electron chi connectivity index (χ3n) is 5.62. The molecule has 1 N–H and O–H groups in total. The zero-order chi connectivity index (χ0) is 25.6. The molecule has 0 bridgehead atoms. The zero-order valence-corrected chi connectivity index (χ0v) is 19.0. The minimum Gasteiger partial charge on any atom is -0.389 e. The standard InChI is InChI=1S/C14H18FN3O3.C8H8FNO3/c1-10(16-6-8-17(9-7-16)11(2)19)12-4-3-5-13(14(12)15)18(20)21;1-5(11)6-3-2-4-7(8(6)9)10(12)13/h3-5,10H,6-9H2,1-2H3;2-5,11H,1H3/t10-;5-/m01/s1. The summed E-state index contributed by atoms with van der Waals surface area (Å²) in [7, 11) is 0. The molecule has 184 valence electrons. The molecule has 0 spiro atoms. The van der Waals surface area contributed by atoms with Crippen LogP contribution in [-0.2, 0) is 4.79 Å². The number of hydrogen-bond donors (Lipinski definition) is 1. The lowest BCUT2D eigenvalue weighted by Gasteiger charge is -2.37. The molecular weight excluding hydrogens is 454 g/mol. The van der Waals surface area contributed by atoms with Crippen LogP contribution in [0.25, 0.3) is 0 Å². The minimum atomic E-state index is -1.04. The van der Waals surface area contributed by atoms with Gasteiger partial charge in [-0.2, -0.15) is 8.78 Å². The van der Waals surface area contributed by atoms with Crippen LogP contribution in [0.3, 0.4) is 0 Å². The van der Waals surface area contributed by atoms with Crippen LogP contribution in [0, 0.1) is 31.9 Å². The highest BCUT2D eigenvalue weighted by molar-refractivity contribution is 5.73. The van der Waals surface area contributed by atoms with Gasteiger partial charge in [-0.25, -0.2) is 0 Å². The Labute approximate surface area is 194 Å². The van der Waals surface area contributed by atoms with E-state index in [-0.39, 0.29) is 17.5 Å². The SMILES string of the molecule is CC(=O)N1CCN([C@@H](C)c2cccc([N+](=O)[O-])c2F)CC1.C[C@@H](O)c1cccc([N+](=O)[O-])c1F. The highest BCUT2D eigenvalue weighted by Crippen LogP contribution is 2.29. The van der Waals surface area contributed by atoms with Gasteiger partial charge < -0.3 is 10.0 Å². The maximum Gasteiger partial charge on any atom is 0.305 e. The van der Waals surface area contributed by atoms with E-state index in [1.54, 1.807) is 11.0 Å². The molecule has 2 atom stereocenters. The van der Waals surface area contributed by atoms with E-state index in [4.69, 9.17) is 5.11 Å². The molecule has 0 aliphatic carbocycles. The Morgan fingerprint density at radius 2 is 1.35 bits per heavy atom. The Kier molecular flexibility index (Phi) is 9.10. The number of amides is 1. The van der Waals surface area contributed by atoms with E-state index < -0.39 is 39.0 Å². The smallest absolute Gasteiger partial charge is 0.305 e. The number of benzene rings is 2. The van der Waals surface area contributed by atoms with E-state index in [1.165, 1.54) is 38.1 Å². The van der Waals surface area contributed by atoms with Crippen molar-refractivity contribution >= 4 is 17.3 Å². The van der Waals surface area contributed by atoms with Crippen LogP contribution >= 0.6 is 0 Å². The van der Waals surface area contributed by atoms with Crippen molar-refractivity contribution in [3.05, 3.63) is 79.4 Å². The molecule has 0 radical (unpaired) electrons. The van der Waals surface area contributed by atoms with Gasteiger partial charge in [-0.15, -0.1) is 0 Å². The van der Waals surface area contributed by atoms with Crippen LogP contribution in [0.4, 0.5) is 20.2 Å². The van der Waals surface area contributed by atoms with E-state index >= 15 is 0 Å². The average Bonchev–Trinajstić information content (AvgIpc) is 2.78. The van der Waals surface area contributed by atoms with Gasteiger partial charge in [0.1, 0.15) is 0 Å². The molecule has 1 aliphatic rings. The molecule has 12 heteroatoms. The molecule has 3 rings (SSSR count). The molecule has 10 nitrogen and oxygen atoms in total. The van der Waals surface area contributed by atoms with E-state index in [2.05, 4.69) is 0 Å². The average molecular weight is 480 g/mol. The Morgan fingerprint density at radius 1 is 0.912 bits per heavy atom. The quantitative estimate of drug-likeness (QED) is 0.509. The molecule has 2 aromatic rings. The van der Waals surface area contributed by atoms with E-state index in [9.17, 15) is 33.8 Å². The lowest BCUT2D eigenvalue weighted by Crippen LogP contribution is -2.48. The largest absolute Gasteiger partial charge is 0.389 e. The molecule has 1 fully saturated rings. The second-order valence-corrected chi connectivity index (χ2v) is 7.77. The molecule has 2 aromatic carbocycles. The summed E-state index contributed by atoms with van der Waals surface area (Å²) in [6.07, 6.45) is -1.04. The highest BCUT2D eigenvalue weighted by atomic mass is 19.1. The summed E-state index contributed by atoms with van der Waals surface area (Å²) in [6, 6.07) is 7.68. The number of nitro groups is 2. The van der Waals surface area contributed by atoms with Gasteiger partial charge in [-0.1, -0.05) is 24.3 Å². The first-order chi connectivity index (χ1) is 16.0. The van der Waals surface area contributed by atoms with Gasteiger partial charge in [-0.3, -0.25) is 29.9 Å². The van der Waals surface area contributed by atoms with Gasteiger partial charge in [0, 0.05) is 62.4 Å². The van der Waals surface area contributed by atoms with E-state index in [0.717, 1.165) is 6.07 Å². The molecule has 0 aromatic heterocycles. The van der Waals surface area contributed by atoms with Crippen molar-refractivity contribution in [3.63, 3.8) is 0 Å². The van der Waals surface area contributed by atoms with E-state index in [1.807, 2.05) is 11.8 Å². The van der Waals surface area contributed by atoms with Crippen molar-refractivity contribution in [2.24, 2.45) is 0 Å². The van der Waals surface area contributed by atoms with Crippen LogP contribution in [0.5, 0.6) is 0 Å². The summed E-state index contributed by atoms with van der Waals surface area (Å²) in [6.45, 7) is 7.14. The van der Waals surface area contributed by atoms with Gasteiger partial charge in [0.15, 0.2) is 0 Å². The summed E-state index contributed by atoms with van der Waals surface area (Å²) in [5, 5.41) is 30.1. The lowest BCUT2D eigenvalue weighted by atomic mass is 10.0. The van der Waals surface area contributed by atoms with Gasteiger partial charge in [0.05, 0.1) is 16.0 Å². The summed E-state index contributed by atoms with van der Waals surface area (Å²) in [5.41, 5.74) is -0.852. The third kappa shape index (κ3) is 6.29. The Bertz CT molecular complexity index is 1060. The molecule has 0 unspecified atom stereocenters. The Balaban J connectivity index is 0.000000270. The summed E-state index contributed by atoms with van der Waals surface area (Å²) < 4.78 is 27.4. The number of halogens is 2. The lowest BCUT2D eigenvalue weighted by molar-refractivity contribution is -0.387. The molecule has 1 heterocycles. The number of rotatable bonds is 5. The first-order valence-electron chi connectivity index (χ1n) is 10.5. The number of piperazine rings is 1. The van der Waals surface area contributed by atoms with Crippen molar-refractivity contribution in [2.45, 2.75) is 32.9 Å². The minimum absolute atomic E-state index is 0.0313. The number of nitrogens with zero attached hydrogens (tertiary/aromatic N) is 4. The van der Waals surface area contributed by atoms with Crippen molar-refractivity contribution in [1.82, 2.24) is 9.80 Å². The van der Waals surface area contributed by atoms with Crippen molar-refractivity contribution in [2.75, 3.05) is 26.2 Å². The topological polar surface area (TPSA) is 130 Å². The monoisotopic (exact) mass is 480 g/mol. The predicted octanol–water partition coefficient (Wildman–Crippen LogP) is 3.75. The molecule has 1 amide bonds. The second kappa shape index (κ2) is 11.6. The van der Waals surface area contributed by atoms with Crippen molar-refractivity contribution in [1.29, 1.82) is 0 Å². The number of carbonyl (C=O) groups excluding carboxylic acids is 1. The van der Waals surface area contributed by atoms with Crippen LogP contribution in [-0.4, -0.2) is 56.8 Å². The summed E-state index contributed by atoms with van der Waals surface area (Å²) in [4.78, 5) is 34.6. The number of aliphatic hydroxyl groups excluding tert-OH is 1. The first kappa shape index (κ1) is 26.7. The fourth-order valence-corrected chi connectivity index (χ4v) is 3.62. The van der Waals surface area contributed by atoms with Gasteiger partial charge in [-0.05, 0) is 13.8 Å². The van der Waals surface area contributed by atoms with Crippen molar-refractivity contribution < 1.29 is 28.5 Å². The van der Waals surface area contributed by atoms with Crippen LogP contribution < -0.4 is 0 Å². The second-order valence-electron chi connectivity index (χ2n) is 7.77. The normalized spacial score (nSPS) is 15.6. The maximum absolute atomic E-state index is 14.2. The Morgan fingerprint density at radius 3 is 1.76 bits per heavy atom. The molecule has 1 aliphatic heterocycles. The number of carbonyl (C=O) groups is 1. The number of aliphatic hydroxyl groups is 1. The van der Waals surface area contributed by atoms with Crippen molar-refractivity contribution in [3.8, 4) is 0 Å². The zero-order valence-electron chi connectivity index (χ0n) is 19.0. The number of hydrogen-bond acceptors (Lipinski definition) is 7. The maximum atomic E-state index is 14.2. The third-order valence-corrected chi connectivity index (χ3v) is 5.62. The Hall–Kier alpha value is -3.51. The van der Waals surface area contributed by atoms with Crippen LogP contribution in [0.2, 0.25) is 0 Å². The van der Waals surface area contributed by atoms with Gasteiger partial charge in [0.25, 0.3) is 0 Å². The van der Waals surface area contributed by atoms with Gasteiger partial charge in [0.2, 0.25) is 17.5 Å². The molecular formula is C22H26F2N4O6. The molecule has 1 saturated heterocycles. The number of nitro benzene ring substituents is 2. The van der Waals surface area contributed by atoms with Crippen LogP contribution in [0.1, 0.15) is 44.0 Å². The molecule has 34 heavy (non-hydrogen) atoms. The van der Waals surface area contributed by atoms with Gasteiger partial charge >= 0.3 is 11.4 Å². The van der Waals surface area contributed by atoms with E-state index in [0.29, 0.717) is 31.7 Å². The van der Waals surface area contributed by atoms with Crippen LogP contribution in [0.15, 0.2) is 36.4 Å².